The summed E-state index contributed by atoms with van der Waals surface area (Å²) in [6.45, 7) is 7.42. The fourth-order valence-electron chi connectivity index (χ4n) is 0.211. The second-order valence-corrected chi connectivity index (χ2v) is 0.901. The lowest BCUT2D eigenvalue weighted by atomic mass is 10.9. The Morgan fingerprint density at radius 2 is 2.38 bits per heavy atom. The zero-order valence-electron chi connectivity index (χ0n) is 5.14. The van der Waals surface area contributed by atoms with Crippen molar-refractivity contribution in [2.24, 2.45) is 4.99 Å². The van der Waals surface area contributed by atoms with Crippen LogP contribution in [0.1, 0.15) is 13.8 Å². The number of aliphatic imine (C=N–C) groups is 1. The summed E-state index contributed by atoms with van der Waals surface area (Å²) in [6, 6.07) is 0. The number of hydrogen-bond donors (Lipinski definition) is 1. The van der Waals surface area contributed by atoms with Gasteiger partial charge in [-0.25, -0.2) is 5.48 Å². The molecule has 0 unspecified atom stereocenters. The molecule has 3 heteroatoms. The fraction of sp³-hybridized carbons (Fsp3) is 0.400. The Balaban J connectivity index is 0.000000222. The van der Waals surface area contributed by atoms with Gasteiger partial charge in [-0.1, -0.05) is 20.4 Å². The van der Waals surface area contributed by atoms with Crippen molar-refractivity contribution in [2.45, 2.75) is 13.8 Å². The molecule has 8 heavy (non-hydrogen) atoms. The molecule has 1 heterocycles. The summed E-state index contributed by atoms with van der Waals surface area (Å²) < 4.78 is 0. The average Bonchev–Trinajstić information content (AvgIpc) is 2.24. The molecular weight excluding hydrogens is 104 g/mol. The summed E-state index contributed by atoms with van der Waals surface area (Å²) in [7, 11) is 0. The number of hydrogen-bond acceptors (Lipinski definition) is 3. The highest BCUT2D eigenvalue weighted by atomic mass is 16.7. The zero-order valence-corrected chi connectivity index (χ0v) is 5.14. The van der Waals surface area contributed by atoms with Gasteiger partial charge in [0.15, 0.2) is 5.82 Å². The number of rotatable bonds is 0. The van der Waals surface area contributed by atoms with E-state index in [0.29, 0.717) is 5.82 Å². The van der Waals surface area contributed by atoms with E-state index in [1.807, 2.05) is 13.8 Å². The second-order valence-electron chi connectivity index (χ2n) is 0.901. The molecule has 0 spiro atoms. The van der Waals surface area contributed by atoms with Crippen molar-refractivity contribution in [1.82, 2.24) is 5.48 Å². The summed E-state index contributed by atoms with van der Waals surface area (Å²) in [6.07, 6.45) is 1.29. The van der Waals surface area contributed by atoms with E-state index in [0.717, 1.165) is 0 Å². The van der Waals surface area contributed by atoms with Crippen LogP contribution in [0.5, 0.6) is 0 Å². The van der Waals surface area contributed by atoms with E-state index >= 15 is 0 Å². The molecule has 0 aliphatic carbocycles. The second kappa shape index (κ2) is 4.18. The van der Waals surface area contributed by atoms with Crippen LogP contribution in [0.3, 0.4) is 0 Å². The van der Waals surface area contributed by atoms with Gasteiger partial charge in [0.25, 0.3) is 0 Å². The molecule has 0 aromatic rings. The average molecular weight is 114 g/mol. The van der Waals surface area contributed by atoms with Gasteiger partial charge in [0.1, 0.15) is 0 Å². The molecule has 46 valence electrons. The quantitative estimate of drug-likeness (QED) is 0.510. The van der Waals surface area contributed by atoms with Gasteiger partial charge in [-0.15, -0.1) is 0 Å². The van der Waals surface area contributed by atoms with Crippen LogP contribution in [0, 0.1) is 0 Å². The zero-order chi connectivity index (χ0) is 6.41. The Kier molecular flexibility index (Phi) is 3.66. The van der Waals surface area contributed by atoms with Crippen LogP contribution in [0.2, 0.25) is 0 Å². The highest BCUT2D eigenvalue weighted by molar-refractivity contribution is 5.50. The third-order valence-corrected chi connectivity index (χ3v) is 0.438. The van der Waals surface area contributed by atoms with Crippen molar-refractivity contribution in [3.63, 3.8) is 0 Å². The van der Waals surface area contributed by atoms with Crippen LogP contribution in [0.15, 0.2) is 17.4 Å². The predicted molar refractivity (Wildman–Crippen MR) is 33.2 cm³/mol. The first-order valence-corrected chi connectivity index (χ1v) is 2.53. The topological polar surface area (TPSA) is 33.6 Å². The summed E-state index contributed by atoms with van der Waals surface area (Å²) in [5.74, 6) is 0.551. The van der Waals surface area contributed by atoms with Gasteiger partial charge in [0.05, 0.1) is 0 Å². The van der Waals surface area contributed by atoms with Crippen LogP contribution >= 0.6 is 0 Å². The summed E-state index contributed by atoms with van der Waals surface area (Å²) in [4.78, 5) is 8.00. The van der Waals surface area contributed by atoms with Crippen LogP contribution in [-0.4, -0.2) is 6.40 Å². The molecule has 0 bridgehead atoms. The molecule has 0 fully saturated rings. The van der Waals surface area contributed by atoms with Gasteiger partial charge in [-0.2, -0.15) is 4.99 Å². The lowest BCUT2D eigenvalue weighted by Crippen LogP contribution is -2.00. The van der Waals surface area contributed by atoms with Crippen molar-refractivity contribution < 1.29 is 4.84 Å². The van der Waals surface area contributed by atoms with Crippen molar-refractivity contribution >= 4 is 6.40 Å². The first kappa shape index (κ1) is 7.01. The standard InChI is InChI=1S/C3H4N2O.C2H6/c1-3-4-2-6-5-3;1-2/h2,5H,1H2;1-2H3. The maximum absolute atomic E-state index is 4.42. The van der Waals surface area contributed by atoms with Crippen molar-refractivity contribution in [1.29, 1.82) is 0 Å². The van der Waals surface area contributed by atoms with E-state index in [1.165, 1.54) is 6.40 Å². The van der Waals surface area contributed by atoms with Crippen LogP contribution < -0.4 is 5.48 Å². The van der Waals surface area contributed by atoms with Crippen LogP contribution in [0.25, 0.3) is 0 Å². The van der Waals surface area contributed by atoms with E-state index < -0.39 is 0 Å². The van der Waals surface area contributed by atoms with Gasteiger partial charge in [0, 0.05) is 0 Å². The molecule has 3 nitrogen and oxygen atoms in total. The first-order valence-electron chi connectivity index (χ1n) is 2.53. The third-order valence-electron chi connectivity index (χ3n) is 0.438. The molecule has 1 aliphatic heterocycles. The molecule has 1 aliphatic rings. The van der Waals surface area contributed by atoms with E-state index in [-0.39, 0.29) is 0 Å². The molecule has 0 atom stereocenters. The Hall–Kier alpha value is -0.990. The summed E-state index contributed by atoms with van der Waals surface area (Å²) in [5, 5.41) is 0. The Morgan fingerprint density at radius 1 is 1.75 bits per heavy atom. The van der Waals surface area contributed by atoms with Gasteiger partial charge >= 0.3 is 0 Å². The lowest BCUT2D eigenvalue weighted by molar-refractivity contribution is 0.250. The SMILES string of the molecule is C=C1N=CON1.CC. The molecule has 1 N–H and O–H groups in total. The largest absolute Gasteiger partial charge is 0.368 e. The minimum atomic E-state index is 0.551. The molecule has 0 saturated carbocycles. The number of hydroxylamine groups is 1. The maximum atomic E-state index is 4.42. The highest BCUT2D eigenvalue weighted by Gasteiger charge is 1.90. The van der Waals surface area contributed by atoms with E-state index in [4.69, 9.17) is 0 Å². The predicted octanol–water partition coefficient (Wildman–Crippen LogP) is 1.05. The highest BCUT2D eigenvalue weighted by Crippen LogP contribution is 1.88. The van der Waals surface area contributed by atoms with Crippen molar-refractivity contribution in [3.05, 3.63) is 12.4 Å². The van der Waals surface area contributed by atoms with E-state index in [1.54, 1.807) is 0 Å². The molecule has 0 aromatic heterocycles. The third kappa shape index (κ3) is 2.23. The molecule has 0 amide bonds. The minimum absolute atomic E-state index is 0.551. The smallest absolute Gasteiger partial charge is 0.211 e. The minimum Gasteiger partial charge on any atom is -0.368 e. The molecular formula is C5H10N2O. The molecule has 0 radical (unpaired) electrons. The van der Waals surface area contributed by atoms with Gasteiger partial charge in [0.2, 0.25) is 6.40 Å². The van der Waals surface area contributed by atoms with E-state index in [2.05, 4.69) is 21.9 Å². The normalized spacial score (nSPS) is 13.5. The van der Waals surface area contributed by atoms with E-state index in [9.17, 15) is 0 Å². The van der Waals surface area contributed by atoms with Crippen LogP contribution in [0.4, 0.5) is 0 Å². The summed E-state index contributed by atoms with van der Waals surface area (Å²) >= 11 is 0. The molecule has 0 aromatic carbocycles. The lowest BCUT2D eigenvalue weighted by Gasteiger charge is -1.85. The monoisotopic (exact) mass is 114 g/mol. The maximum Gasteiger partial charge on any atom is 0.211 e. The van der Waals surface area contributed by atoms with Gasteiger partial charge in [-0.05, 0) is 0 Å². The Morgan fingerprint density at radius 3 is 2.50 bits per heavy atom. The number of nitrogens with zero attached hydrogens (tertiary/aromatic N) is 1. The first-order chi connectivity index (χ1) is 3.89. The van der Waals surface area contributed by atoms with Gasteiger partial charge < -0.3 is 4.84 Å². The van der Waals surface area contributed by atoms with Crippen molar-refractivity contribution in [2.75, 3.05) is 0 Å². The molecule has 0 saturated heterocycles. The van der Waals surface area contributed by atoms with Gasteiger partial charge in [-0.3, -0.25) is 0 Å². The van der Waals surface area contributed by atoms with Crippen molar-refractivity contribution in [3.8, 4) is 0 Å². The Bertz CT molecular complexity index is 98.6. The fourth-order valence-corrected chi connectivity index (χ4v) is 0.211. The Labute approximate surface area is 49.0 Å². The van der Waals surface area contributed by atoms with Crippen LogP contribution in [-0.2, 0) is 4.84 Å². The summed E-state index contributed by atoms with van der Waals surface area (Å²) in [5.41, 5.74) is 2.40. The molecule has 1 rings (SSSR count). The number of nitrogens with one attached hydrogen (secondary N) is 1.